The lowest BCUT2D eigenvalue weighted by Crippen LogP contribution is -2.59. The van der Waals surface area contributed by atoms with Gasteiger partial charge in [-0.05, 0) is 56.5 Å². The van der Waals surface area contributed by atoms with E-state index in [0.29, 0.717) is 24.0 Å². The molecule has 5 rings (SSSR count). The number of aromatic amines is 1. The molecule has 1 amide bonds. The van der Waals surface area contributed by atoms with Crippen molar-refractivity contribution in [2.24, 2.45) is 5.92 Å². The predicted molar refractivity (Wildman–Crippen MR) is 100 cm³/mol. The molecular weight excluding hydrogens is 310 g/mol. The molecule has 1 N–H and O–H groups in total. The Morgan fingerprint density at radius 1 is 1.24 bits per heavy atom. The number of aromatic nitrogens is 1. The van der Waals surface area contributed by atoms with Gasteiger partial charge in [-0.1, -0.05) is 18.2 Å². The molecule has 4 nitrogen and oxygen atoms in total. The Bertz CT molecular complexity index is 888. The number of H-pyrrole nitrogens is 1. The average Bonchev–Trinajstić information content (AvgIpc) is 3.00. The third kappa shape index (κ3) is 2.07. The highest BCUT2D eigenvalue weighted by Gasteiger charge is 2.41. The molecule has 1 aromatic heterocycles. The first-order chi connectivity index (χ1) is 12.0. The summed E-state index contributed by atoms with van der Waals surface area (Å²) >= 11 is 0. The van der Waals surface area contributed by atoms with E-state index in [2.05, 4.69) is 66.2 Å². The smallest absolute Gasteiger partial charge is 0.231 e. The number of fused-ring (bicyclic) bond motifs is 2. The lowest BCUT2D eigenvalue weighted by Gasteiger charge is -2.48. The minimum absolute atomic E-state index is 0.0304. The van der Waals surface area contributed by atoms with Gasteiger partial charge in [0.2, 0.25) is 5.91 Å². The number of benzene rings is 1. The van der Waals surface area contributed by atoms with E-state index in [1.807, 2.05) is 0 Å². The number of hydrogen-bond donors (Lipinski definition) is 1. The van der Waals surface area contributed by atoms with Crippen molar-refractivity contribution < 1.29 is 4.79 Å². The Morgan fingerprint density at radius 3 is 2.80 bits per heavy atom. The van der Waals surface area contributed by atoms with E-state index < -0.39 is 0 Å². The molecule has 0 radical (unpaired) electrons. The van der Waals surface area contributed by atoms with Crippen LogP contribution in [0.3, 0.4) is 0 Å². The van der Waals surface area contributed by atoms with Crippen molar-refractivity contribution in [1.29, 1.82) is 0 Å². The molecule has 2 aliphatic heterocycles. The standard InChI is InChI=1S/C21H25N3O/c1-12-7-13(2)24(12)21(25)15-8-17-16-5-4-6-18-20(16)14(10-22-18)9-19(17)23(3)11-15/h4-6,8,10,12-13,15,19,22H,7,9,11H2,1-3H3/t12-,13-,15+,19+/m0/s1. The van der Waals surface area contributed by atoms with Crippen LogP contribution < -0.4 is 0 Å². The molecule has 1 aliphatic carbocycles. The van der Waals surface area contributed by atoms with Gasteiger partial charge in [0.05, 0.1) is 5.92 Å². The Kier molecular flexibility index (Phi) is 3.17. The van der Waals surface area contributed by atoms with E-state index in [4.69, 9.17) is 0 Å². The number of nitrogens with one attached hydrogen (secondary N) is 1. The lowest BCUT2D eigenvalue weighted by atomic mass is 9.79. The van der Waals surface area contributed by atoms with Crippen LogP contribution >= 0.6 is 0 Å². The van der Waals surface area contributed by atoms with Gasteiger partial charge in [-0.15, -0.1) is 0 Å². The third-order valence-electron chi connectivity index (χ3n) is 6.47. The molecule has 1 aromatic carbocycles. The third-order valence-corrected chi connectivity index (χ3v) is 6.47. The molecule has 0 saturated carbocycles. The van der Waals surface area contributed by atoms with E-state index in [1.165, 1.54) is 27.6 Å². The highest BCUT2D eigenvalue weighted by molar-refractivity contribution is 5.99. The summed E-state index contributed by atoms with van der Waals surface area (Å²) in [4.78, 5) is 21.0. The summed E-state index contributed by atoms with van der Waals surface area (Å²) in [5.41, 5.74) is 5.24. The van der Waals surface area contributed by atoms with Gasteiger partial charge in [-0.2, -0.15) is 0 Å². The first-order valence-electron chi connectivity index (χ1n) is 9.38. The number of rotatable bonds is 1. The van der Waals surface area contributed by atoms with Crippen molar-refractivity contribution >= 4 is 22.4 Å². The molecule has 0 bridgehead atoms. The number of hydrogen-bond acceptors (Lipinski definition) is 2. The monoisotopic (exact) mass is 335 g/mol. The van der Waals surface area contributed by atoms with E-state index >= 15 is 0 Å². The van der Waals surface area contributed by atoms with Crippen LogP contribution in [0.1, 0.15) is 31.4 Å². The maximum atomic E-state index is 13.1. The van der Waals surface area contributed by atoms with Crippen molar-refractivity contribution in [3.63, 3.8) is 0 Å². The SMILES string of the molecule is C[C@H]1C[C@H](C)N1C(=O)[C@@H]1C=C2c3cccc4[nH]cc(c34)C[C@H]2N(C)C1. The van der Waals surface area contributed by atoms with Gasteiger partial charge in [0, 0.05) is 41.8 Å². The zero-order valence-electron chi connectivity index (χ0n) is 15.1. The van der Waals surface area contributed by atoms with Crippen LogP contribution in [0.15, 0.2) is 30.5 Å². The Morgan fingerprint density at radius 2 is 2.04 bits per heavy atom. The predicted octanol–water partition coefficient (Wildman–Crippen LogP) is 3.05. The molecule has 4 heteroatoms. The maximum absolute atomic E-state index is 13.1. The van der Waals surface area contributed by atoms with Crippen molar-refractivity contribution in [2.45, 2.75) is 44.8 Å². The summed E-state index contributed by atoms with van der Waals surface area (Å²) in [7, 11) is 2.17. The number of amides is 1. The van der Waals surface area contributed by atoms with Crippen molar-refractivity contribution in [1.82, 2.24) is 14.8 Å². The second kappa shape index (κ2) is 5.21. The summed E-state index contributed by atoms with van der Waals surface area (Å²) in [5.74, 6) is 0.272. The van der Waals surface area contributed by atoms with E-state index in [9.17, 15) is 4.79 Å². The van der Waals surface area contributed by atoms with Crippen LogP contribution in [-0.2, 0) is 11.2 Å². The molecule has 25 heavy (non-hydrogen) atoms. The molecule has 0 unspecified atom stereocenters. The fraction of sp³-hybridized carbons (Fsp3) is 0.476. The van der Waals surface area contributed by atoms with E-state index in [0.717, 1.165) is 19.4 Å². The normalized spacial score (nSPS) is 31.5. The van der Waals surface area contributed by atoms with Crippen LogP contribution in [0.2, 0.25) is 0 Å². The van der Waals surface area contributed by atoms with Crippen molar-refractivity contribution in [2.75, 3.05) is 13.6 Å². The van der Waals surface area contributed by atoms with Crippen molar-refractivity contribution in [3.8, 4) is 0 Å². The summed E-state index contributed by atoms with van der Waals surface area (Å²) in [5, 5.41) is 1.34. The van der Waals surface area contributed by atoms with Crippen molar-refractivity contribution in [3.05, 3.63) is 41.6 Å². The number of carbonyl (C=O) groups excluding carboxylic acids is 1. The number of nitrogens with zero attached hydrogens (tertiary/aromatic N) is 2. The lowest BCUT2D eigenvalue weighted by molar-refractivity contribution is -0.146. The Labute approximate surface area is 148 Å². The second-order valence-corrected chi connectivity index (χ2v) is 8.11. The van der Waals surface area contributed by atoms with Crippen LogP contribution in [0.5, 0.6) is 0 Å². The molecule has 3 aliphatic rings. The molecule has 1 fully saturated rings. The van der Waals surface area contributed by atoms with Gasteiger partial charge in [-0.3, -0.25) is 9.69 Å². The zero-order chi connectivity index (χ0) is 17.3. The quantitative estimate of drug-likeness (QED) is 0.870. The maximum Gasteiger partial charge on any atom is 0.231 e. The molecule has 1 saturated heterocycles. The Balaban J connectivity index is 1.58. The first-order valence-corrected chi connectivity index (χ1v) is 9.38. The molecule has 0 spiro atoms. The largest absolute Gasteiger partial charge is 0.361 e. The number of likely N-dealkylation sites (tertiary alicyclic amines) is 1. The molecule has 4 atom stereocenters. The van der Waals surface area contributed by atoms with Gasteiger partial charge in [-0.25, -0.2) is 0 Å². The van der Waals surface area contributed by atoms with Gasteiger partial charge < -0.3 is 9.88 Å². The molecule has 2 aromatic rings. The molecule has 130 valence electrons. The van der Waals surface area contributed by atoms with E-state index in [-0.39, 0.29) is 5.92 Å². The summed E-state index contributed by atoms with van der Waals surface area (Å²) in [6.45, 7) is 5.14. The molecular formula is C21H25N3O. The minimum Gasteiger partial charge on any atom is -0.361 e. The molecule has 3 heterocycles. The van der Waals surface area contributed by atoms with E-state index in [1.54, 1.807) is 0 Å². The number of likely N-dealkylation sites (N-methyl/N-ethyl adjacent to an activating group) is 1. The van der Waals surface area contributed by atoms with Crippen LogP contribution in [-0.4, -0.2) is 52.4 Å². The van der Waals surface area contributed by atoms with Crippen LogP contribution in [0.25, 0.3) is 16.5 Å². The topological polar surface area (TPSA) is 39.3 Å². The van der Waals surface area contributed by atoms with Gasteiger partial charge >= 0.3 is 0 Å². The fourth-order valence-electron chi connectivity index (χ4n) is 5.25. The summed E-state index contributed by atoms with van der Waals surface area (Å²) in [6, 6.07) is 7.62. The Hall–Kier alpha value is -2.07. The van der Waals surface area contributed by atoms with Gasteiger partial charge in [0.15, 0.2) is 0 Å². The highest BCUT2D eigenvalue weighted by atomic mass is 16.2. The van der Waals surface area contributed by atoms with Crippen LogP contribution in [0, 0.1) is 5.92 Å². The second-order valence-electron chi connectivity index (χ2n) is 8.11. The summed E-state index contributed by atoms with van der Waals surface area (Å²) < 4.78 is 0. The van der Waals surface area contributed by atoms with Gasteiger partial charge in [0.1, 0.15) is 0 Å². The minimum atomic E-state index is -0.0304. The fourth-order valence-corrected chi connectivity index (χ4v) is 5.25. The first kappa shape index (κ1) is 15.2. The summed E-state index contributed by atoms with van der Waals surface area (Å²) in [6.07, 6.45) is 6.57. The highest BCUT2D eigenvalue weighted by Crippen LogP contribution is 2.41. The number of carbonyl (C=O) groups is 1. The zero-order valence-corrected chi connectivity index (χ0v) is 15.1. The van der Waals surface area contributed by atoms with Gasteiger partial charge in [0.25, 0.3) is 0 Å². The van der Waals surface area contributed by atoms with Crippen LogP contribution in [0.4, 0.5) is 0 Å². The average molecular weight is 335 g/mol.